The quantitative estimate of drug-likeness (QED) is 0.0923. The third-order valence-electron chi connectivity index (χ3n) is 7.21. The second kappa shape index (κ2) is 12.2. The number of anilines is 2. The highest BCUT2D eigenvalue weighted by atomic mass is 32.7. The Hall–Kier alpha value is -2.26. The fourth-order valence-electron chi connectivity index (χ4n) is 5.23. The first-order valence-electron chi connectivity index (χ1n) is 12.7. The first-order chi connectivity index (χ1) is 20.9. The van der Waals surface area contributed by atoms with Crippen LogP contribution in [0.5, 0.6) is 0 Å². The lowest BCUT2D eigenvalue weighted by atomic mass is 10.1. The number of alkyl halides is 1. The molecule has 0 amide bonds. The highest BCUT2D eigenvalue weighted by molar-refractivity contribution is 8.46. The second-order valence-corrected chi connectivity index (χ2v) is 16.7. The molecule has 18 nitrogen and oxygen atoms in total. The number of aliphatic hydroxyl groups excluding tert-OH is 2. The molecule has 44 heavy (non-hydrogen) atoms. The summed E-state index contributed by atoms with van der Waals surface area (Å²) in [6, 6.07) is 0. The summed E-state index contributed by atoms with van der Waals surface area (Å²) in [5.74, 6) is -0.139. The number of fused-ring (bicyclic) bond motifs is 2. The molecular formula is C20H25FN10O8P2S3. The van der Waals surface area contributed by atoms with Gasteiger partial charge in [0.1, 0.15) is 29.7 Å². The van der Waals surface area contributed by atoms with Crippen LogP contribution in [0, 0.1) is 0 Å². The number of hydrogen-bond donors (Lipinski definition) is 7. The third-order valence-corrected chi connectivity index (χ3v) is 12.8. The Morgan fingerprint density at radius 1 is 1.20 bits per heavy atom. The van der Waals surface area contributed by atoms with E-state index in [9.17, 15) is 24.1 Å². The number of thiol groups is 2. The van der Waals surface area contributed by atoms with Crippen LogP contribution in [-0.2, 0) is 22.9 Å². The van der Waals surface area contributed by atoms with E-state index in [4.69, 9.17) is 25.3 Å². The van der Waals surface area contributed by atoms with Crippen molar-refractivity contribution in [2.24, 2.45) is 0 Å². The molecule has 238 valence electrons. The summed E-state index contributed by atoms with van der Waals surface area (Å²) in [7, 11) is -2.99. The van der Waals surface area contributed by atoms with E-state index in [-0.39, 0.29) is 34.1 Å². The molecule has 0 saturated carbocycles. The van der Waals surface area contributed by atoms with E-state index < -0.39 is 79.6 Å². The van der Waals surface area contributed by atoms with Crippen molar-refractivity contribution in [2.75, 3.05) is 24.7 Å². The van der Waals surface area contributed by atoms with Crippen LogP contribution < -0.4 is 17.0 Å². The maximum atomic E-state index is 15.8. The number of H-pyrrole nitrogens is 1. The summed E-state index contributed by atoms with van der Waals surface area (Å²) in [5, 5.41) is 19.2. The number of rotatable bonds is 9. The average Bonchev–Trinajstić information content (AvgIpc) is 3.72. The molecular weight excluding hydrogens is 685 g/mol. The Morgan fingerprint density at radius 2 is 1.93 bits per heavy atom. The zero-order valence-electron chi connectivity index (χ0n) is 22.0. The fourth-order valence-corrected chi connectivity index (χ4v) is 11.1. The normalized spacial score (nSPS) is 31.1. The average molecular weight is 711 g/mol. The molecule has 0 aromatic carbocycles. The van der Waals surface area contributed by atoms with Crippen LogP contribution in [0.2, 0.25) is 0 Å². The van der Waals surface area contributed by atoms with E-state index in [2.05, 4.69) is 54.4 Å². The van der Waals surface area contributed by atoms with Gasteiger partial charge in [0.2, 0.25) is 13.2 Å². The molecule has 6 rings (SSSR count). The lowest BCUT2D eigenvalue weighted by Gasteiger charge is -2.29. The molecule has 10 atom stereocenters. The topological polar surface area (TPSA) is 262 Å². The Labute approximate surface area is 261 Å². The first-order valence-corrected chi connectivity index (χ1v) is 19.1. The van der Waals surface area contributed by atoms with Gasteiger partial charge in [0.15, 0.2) is 35.0 Å². The minimum Gasteiger partial charge on any atom is -0.395 e. The predicted octanol–water partition coefficient (Wildman–Crippen LogP) is 0.539. The number of ether oxygens (including phenoxy) is 1. The Balaban J connectivity index is 1.29. The van der Waals surface area contributed by atoms with Crippen LogP contribution >= 0.6 is 50.1 Å². The number of nitrogen functional groups attached to an aromatic ring is 2. The molecule has 24 heteroatoms. The Bertz CT molecular complexity index is 1850. The number of halogens is 1. The van der Waals surface area contributed by atoms with E-state index in [0.717, 1.165) is 11.8 Å². The molecule has 0 spiro atoms. The van der Waals surface area contributed by atoms with E-state index in [1.165, 1.54) is 28.1 Å². The van der Waals surface area contributed by atoms with Crippen LogP contribution in [0.25, 0.3) is 22.3 Å². The summed E-state index contributed by atoms with van der Waals surface area (Å²) >= 11 is 9.12. The van der Waals surface area contributed by atoms with Crippen molar-refractivity contribution in [3.8, 4) is 0 Å². The molecule has 0 bridgehead atoms. The monoisotopic (exact) mass is 710 g/mol. The molecule has 2 fully saturated rings. The number of aromatic amines is 1. The lowest BCUT2D eigenvalue weighted by Crippen LogP contribution is -2.35. The number of hydrogen-bond acceptors (Lipinski definition) is 16. The number of aliphatic hydroxyl groups is 2. The summed E-state index contributed by atoms with van der Waals surface area (Å²) in [6.45, 7) is -5.27. The van der Waals surface area contributed by atoms with E-state index >= 15 is 4.39 Å². The zero-order chi connectivity index (χ0) is 31.5. The lowest BCUT2D eigenvalue weighted by molar-refractivity contribution is -0.0379. The summed E-state index contributed by atoms with van der Waals surface area (Å²) < 4.78 is 61.4. The van der Waals surface area contributed by atoms with Crippen molar-refractivity contribution < 1.29 is 37.5 Å². The standard InChI is InChI=1S/C20H25FN10O8P2S3/c21-8-12(39-40(35)42)6(38-18(8)30-4-26-9-14(22)24-3-25-15(9)30)2-37-41(36,43)13-11(33)7(1-32)44-19(13)31-5-27-10-16(31)28-20(23)29-17(10)34/h3-8,11-13,18-19,32-33,40H,1-2H2,(H,35,42)(H,36,43)(H2,22,24,25)(H3,23,28,29,34)/t6-,7-,8+,11-,12-,13-,18-,19-,41?/m1/s1. The van der Waals surface area contributed by atoms with Crippen molar-refractivity contribution >= 4 is 84.2 Å². The van der Waals surface area contributed by atoms with E-state index in [1.807, 2.05) is 0 Å². The summed E-state index contributed by atoms with van der Waals surface area (Å²) in [5.41, 5.74) is 10.00. The minimum absolute atomic E-state index is 0.0412. The molecule has 2 aliphatic heterocycles. The van der Waals surface area contributed by atoms with Gasteiger partial charge in [0, 0.05) is 0 Å². The number of nitrogens with two attached hydrogens (primary N) is 2. The largest absolute Gasteiger partial charge is 0.395 e. The van der Waals surface area contributed by atoms with Crippen molar-refractivity contribution in [1.82, 2.24) is 39.0 Å². The molecule has 0 aliphatic carbocycles. The summed E-state index contributed by atoms with van der Waals surface area (Å²) in [4.78, 5) is 34.9. The van der Waals surface area contributed by atoms with Crippen molar-refractivity contribution in [3.05, 3.63) is 29.3 Å². The van der Waals surface area contributed by atoms with Gasteiger partial charge in [-0.1, -0.05) is 24.5 Å². The first kappa shape index (κ1) is 31.7. The zero-order valence-corrected chi connectivity index (χ0v) is 26.5. The van der Waals surface area contributed by atoms with E-state index in [0.29, 0.717) is 0 Å². The Kier molecular flexibility index (Phi) is 8.76. The van der Waals surface area contributed by atoms with Gasteiger partial charge in [-0.3, -0.25) is 23.5 Å². The highest BCUT2D eigenvalue weighted by Crippen LogP contribution is 2.67. The smallest absolute Gasteiger partial charge is 0.280 e. The van der Waals surface area contributed by atoms with Crippen molar-refractivity contribution in [2.45, 2.75) is 47.0 Å². The van der Waals surface area contributed by atoms with Gasteiger partial charge < -0.3 is 40.0 Å². The predicted molar refractivity (Wildman–Crippen MR) is 164 cm³/mol. The summed E-state index contributed by atoms with van der Waals surface area (Å²) in [6.07, 6.45) is -3.86. The van der Waals surface area contributed by atoms with Crippen molar-refractivity contribution in [1.29, 1.82) is 0 Å². The number of nitrogens with one attached hydrogen (secondary N) is 1. The van der Waals surface area contributed by atoms with Gasteiger partial charge in [0.05, 0.1) is 42.6 Å². The highest BCUT2D eigenvalue weighted by Gasteiger charge is 2.55. The van der Waals surface area contributed by atoms with E-state index in [1.54, 1.807) is 0 Å². The van der Waals surface area contributed by atoms with Crippen LogP contribution in [0.1, 0.15) is 11.6 Å². The van der Waals surface area contributed by atoms with Crippen LogP contribution in [-0.4, -0.2) is 97.9 Å². The van der Waals surface area contributed by atoms with Crippen molar-refractivity contribution in [3.63, 3.8) is 0 Å². The molecule has 6 heterocycles. The maximum absolute atomic E-state index is 15.8. The van der Waals surface area contributed by atoms with Gasteiger partial charge in [-0.15, -0.1) is 11.8 Å². The van der Waals surface area contributed by atoms with Gasteiger partial charge in [-0.2, -0.15) is 4.98 Å². The fraction of sp³-hybridized carbons (Fsp3) is 0.500. The number of nitrogens with zero attached hydrogens (tertiary/aromatic N) is 7. The van der Waals surface area contributed by atoms with Gasteiger partial charge in [0.25, 0.3) is 12.1 Å². The maximum Gasteiger partial charge on any atom is 0.280 e. The molecule has 4 aromatic rings. The molecule has 4 aromatic heterocycles. The van der Waals surface area contributed by atoms with Gasteiger partial charge in [-0.05, 0) is 0 Å². The molecule has 2 unspecified atom stereocenters. The number of aromatic nitrogens is 8. The Morgan fingerprint density at radius 3 is 2.66 bits per heavy atom. The molecule has 7 N–H and O–H groups in total. The number of thioether (sulfide) groups is 1. The molecule has 0 radical (unpaired) electrons. The van der Waals surface area contributed by atoms with Crippen LogP contribution in [0.3, 0.4) is 0 Å². The second-order valence-electron chi connectivity index (χ2n) is 9.80. The van der Waals surface area contributed by atoms with Gasteiger partial charge >= 0.3 is 0 Å². The SMILES string of the molecule is Nc1nc2c(ncn2[C@@H]2S[C@H](CO)[C@@H](O)[C@H]2P(=O)(S)OC[C@H]2O[C@@H](n3cnc4c(N)ncnc43)[C@@H](F)[C@@H]2O[PH](=O)S)c(=O)[nH]1. The van der Waals surface area contributed by atoms with Crippen LogP contribution in [0.15, 0.2) is 23.8 Å². The minimum atomic E-state index is -4.19. The van der Waals surface area contributed by atoms with Gasteiger partial charge in [-0.25, -0.2) is 24.3 Å². The molecule has 2 saturated heterocycles. The molecule has 2 aliphatic rings. The number of imidazole rings is 2. The third kappa shape index (κ3) is 5.54. The van der Waals surface area contributed by atoms with Crippen LogP contribution in [0.4, 0.5) is 16.2 Å².